The minimum Gasteiger partial charge on any atom is -0.442 e. The average Bonchev–Trinajstić information content (AvgIpc) is 3.68. The Labute approximate surface area is 180 Å². The van der Waals surface area contributed by atoms with Crippen molar-refractivity contribution in [2.45, 2.75) is 64.1 Å². The number of aryl methyl sites for hydroxylation is 1. The van der Waals surface area contributed by atoms with Crippen LogP contribution < -0.4 is 10.6 Å². The highest BCUT2D eigenvalue weighted by Gasteiger charge is 2.39. The summed E-state index contributed by atoms with van der Waals surface area (Å²) in [5.74, 6) is 1.20. The summed E-state index contributed by atoms with van der Waals surface area (Å²) in [4.78, 5) is 28.8. The van der Waals surface area contributed by atoms with Crippen LogP contribution in [0.25, 0.3) is 11.1 Å². The topological polar surface area (TPSA) is 96.2 Å². The van der Waals surface area contributed by atoms with E-state index in [1.165, 1.54) is 30.4 Å². The van der Waals surface area contributed by atoms with Gasteiger partial charge in [-0.15, -0.1) is 0 Å². The zero-order valence-electron chi connectivity index (χ0n) is 17.9. The highest BCUT2D eigenvalue weighted by molar-refractivity contribution is 6.10. The number of fused-ring (bicyclic) bond motifs is 2. The van der Waals surface area contributed by atoms with Crippen molar-refractivity contribution >= 4 is 28.5 Å². The van der Waals surface area contributed by atoms with E-state index in [-0.39, 0.29) is 11.4 Å². The summed E-state index contributed by atoms with van der Waals surface area (Å²) in [5, 5.41) is 7.77. The molecule has 3 aromatic rings. The number of amides is 1. The fourth-order valence-corrected chi connectivity index (χ4v) is 4.37. The number of carbonyl (C=O) groups excluding carboxylic acids is 1. The van der Waals surface area contributed by atoms with E-state index in [1.54, 1.807) is 0 Å². The molecule has 2 N–H and O–H groups in total. The Hall–Kier alpha value is -3.16. The van der Waals surface area contributed by atoms with Crippen molar-refractivity contribution in [3.8, 4) is 0 Å². The second-order valence-corrected chi connectivity index (χ2v) is 9.30. The van der Waals surface area contributed by atoms with Gasteiger partial charge >= 0.3 is 0 Å². The van der Waals surface area contributed by atoms with Gasteiger partial charge in [-0.1, -0.05) is 0 Å². The van der Waals surface area contributed by atoms with E-state index < -0.39 is 0 Å². The summed E-state index contributed by atoms with van der Waals surface area (Å²) >= 11 is 0. The van der Waals surface area contributed by atoms with Crippen molar-refractivity contribution in [1.82, 2.24) is 19.9 Å². The van der Waals surface area contributed by atoms with Crippen LogP contribution >= 0.6 is 0 Å². The normalized spacial score (nSPS) is 19.2. The molecule has 31 heavy (non-hydrogen) atoms. The summed E-state index contributed by atoms with van der Waals surface area (Å²) in [7, 11) is 0. The van der Waals surface area contributed by atoms with Crippen LogP contribution in [-0.4, -0.2) is 43.9 Å². The molecule has 0 saturated heterocycles. The molecule has 3 aliphatic rings. The lowest BCUT2D eigenvalue weighted by Gasteiger charge is -2.29. The largest absolute Gasteiger partial charge is 0.442 e. The van der Waals surface area contributed by atoms with Crippen LogP contribution in [0, 0.1) is 6.92 Å². The predicted octanol–water partition coefficient (Wildman–Crippen LogP) is 3.66. The zero-order valence-corrected chi connectivity index (χ0v) is 17.9. The van der Waals surface area contributed by atoms with Crippen LogP contribution in [0.1, 0.15) is 60.0 Å². The number of hydrogen-bond donors (Lipinski definition) is 2. The van der Waals surface area contributed by atoms with E-state index in [4.69, 9.17) is 4.42 Å². The van der Waals surface area contributed by atoms with Crippen molar-refractivity contribution in [3.63, 3.8) is 0 Å². The highest BCUT2D eigenvalue weighted by atomic mass is 16.3. The lowest BCUT2D eigenvalue weighted by atomic mass is 10.0. The molecule has 0 bridgehead atoms. The van der Waals surface area contributed by atoms with Gasteiger partial charge in [-0.25, -0.2) is 9.97 Å². The van der Waals surface area contributed by atoms with Gasteiger partial charge in [-0.05, 0) is 52.0 Å². The van der Waals surface area contributed by atoms with E-state index in [9.17, 15) is 4.79 Å². The van der Waals surface area contributed by atoms with E-state index in [0.29, 0.717) is 47.4 Å². The van der Waals surface area contributed by atoms with Crippen LogP contribution in [0.15, 0.2) is 23.0 Å². The first-order valence-electron chi connectivity index (χ1n) is 11.1. The molecular formula is C23H26N6O2. The number of nitrogens with one attached hydrogen (secondary N) is 2. The first-order valence-corrected chi connectivity index (χ1v) is 11.1. The third kappa shape index (κ3) is 3.30. The molecule has 0 spiro atoms. The summed E-state index contributed by atoms with van der Waals surface area (Å²) in [5.41, 5.74) is 4.41. The van der Waals surface area contributed by atoms with Crippen molar-refractivity contribution in [3.05, 3.63) is 41.2 Å². The molecule has 6 rings (SSSR count). The second-order valence-electron chi connectivity index (χ2n) is 9.30. The van der Waals surface area contributed by atoms with E-state index in [1.807, 2.05) is 18.0 Å². The van der Waals surface area contributed by atoms with Gasteiger partial charge in [-0.3, -0.25) is 9.78 Å². The van der Waals surface area contributed by atoms with E-state index in [2.05, 4.69) is 38.6 Å². The fourth-order valence-electron chi connectivity index (χ4n) is 4.37. The Morgan fingerprint density at radius 3 is 2.87 bits per heavy atom. The molecule has 2 saturated carbocycles. The van der Waals surface area contributed by atoms with Gasteiger partial charge in [0, 0.05) is 35.6 Å². The number of nitrogens with zero attached hydrogens (tertiary/aromatic N) is 4. The molecule has 3 aromatic heterocycles. The molecule has 0 aromatic carbocycles. The molecule has 0 radical (unpaired) electrons. The van der Waals surface area contributed by atoms with Gasteiger partial charge < -0.3 is 20.0 Å². The van der Waals surface area contributed by atoms with Gasteiger partial charge in [0.2, 0.25) is 5.71 Å². The minimum absolute atomic E-state index is 0.0335. The van der Waals surface area contributed by atoms with Gasteiger partial charge in [0.15, 0.2) is 0 Å². The second kappa shape index (κ2) is 6.67. The molecular weight excluding hydrogens is 392 g/mol. The average molecular weight is 419 g/mol. The number of pyridine rings is 1. The highest BCUT2D eigenvalue weighted by Crippen LogP contribution is 2.40. The number of carbonyl (C=O) groups is 1. The lowest BCUT2D eigenvalue weighted by molar-refractivity contribution is 0.0732. The SMILES string of the molecule is Cc1oc2ncnc(NC3(C)CC3)c2c1C(=O)N1CCc2c(NC3CC3)ccnc2C1. The smallest absolute Gasteiger partial charge is 0.258 e. The lowest BCUT2D eigenvalue weighted by Crippen LogP contribution is -2.37. The fraction of sp³-hybridized carbons (Fsp3) is 0.478. The van der Waals surface area contributed by atoms with Gasteiger partial charge in [0.1, 0.15) is 17.9 Å². The number of hydrogen-bond acceptors (Lipinski definition) is 7. The number of rotatable bonds is 5. The van der Waals surface area contributed by atoms with Crippen LogP contribution in [0.4, 0.5) is 11.5 Å². The number of aromatic nitrogens is 3. The molecule has 1 amide bonds. The van der Waals surface area contributed by atoms with Crippen molar-refractivity contribution in [2.75, 3.05) is 17.2 Å². The standard InChI is InChI=1S/C23H26N6O2/c1-13-18(19-20(28-23(2)7-8-23)25-12-26-21(19)31-13)22(30)29-10-6-15-16(27-14-3-4-14)5-9-24-17(15)11-29/h5,9,12,14H,3-4,6-8,10-11H2,1-2H3,(H,24,27)(H,25,26,28). The van der Waals surface area contributed by atoms with Crippen molar-refractivity contribution < 1.29 is 9.21 Å². The maximum Gasteiger partial charge on any atom is 0.258 e. The van der Waals surface area contributed by atoms with Crippen LogP contribution in [0.2, 0.25) is 0 Å². The molecule has 0 atom stereocenters. The molecule has 2 fully saturated rings. The summed E-state index contributed by atoms with van der Waals surface area (Å²) in [6.07, 6.45) is 8.75. The van der Waals surface area contributed by atoms with Gasteiger partial charge in [-0.2, -0.15) is 0 Å². The predicted molar refractivity (Wildman–Crippen MR) is 117 cm³/mol. The van der Waals surface area contributed by atoms with E-state index in [0.717, 1.165) is 25.0 Å². The molecule has 8 nitrogen and oxygen atoms in total. The maximum atomic E-state index is 13.7. The summed E-state index contributed by atoms with van der Waals surface area (Å²) in [6, 6.07) is 2.64. The van der Waals surface area contributed by atoms with Crippen LogP contribution in [0.3, 0.4) is 0 Å². The molecule has 4 heterocycles. The Balaban J connectivity index is 1.33. The molecule has 1 aliphatic heterocycles. The minimum atomic E-state index is -0.0527. The molecule has 8 heteroatoms. The third-order valence-corrected chi connectivity index (χ3v) is 6.64. The molecule has 160 valence electrons. The summed E-state index contributed by atoms with van der Waals surface area (Å²) < 4.78 is 5.86. The first kappa shape index (κ1) is 18.6. The quantitative estimate of drug-likeness (QED) is 0.653. The van der Waals surface area contributed by atoms with Gasteiger partial charge in [0.05, 0.1) is 23.2 Å². The Morgan fingerprint density at radius 1 is 1.26 bits per heavy atom. The molecule has 2 aliphatic carbocycles. The maximum absolute atomic E-state index is 13.7. The van der Waals surface area contributed by atoms with Crippen molar-refractivity contribution in [2.24, 2.45) is 0 Å². The monoisotopic (exact) mass is 418 g/mol. The first-order chi connectivity index (χ1) is 15.0. The molecule has 0 unspecified atom stereocenters. The number of anilines is 2. The van der Waals surface area contributed by atoms with Crippen molar-refractivity contribution in [1.29, 1.82) is 0 Å². The Kier molecular flexibility index (Phi) is 4.00. The van der Waals surface area contributed by atoms with Crippen LogP contribution in [0.5, 0.6) is 0 Å². The van der Waals surface area contributed by atoms with E-state index >= 15 is 0 Å². The number of furan rings is 1. The Bertz CT molecular complexity index is 1190. The van der Waals surface area contributed by atoms with Crippen LogP contribution in [-0.2, 0) is 13.0 Å². The Morgan fingerprint density at radius 2 is 2.10 bits per heavy atom. The van der Waals surface area contributed by atoms with Gasteiger partial charge in [0.25, 0.3) is 5.91 Å². The summed E-state index contributed by atoms with van der Waals surface area (Å²) in [6.45, 7) is 5.13. The zero-order chi connectivity index (χ0) is 21.2. The third-order valence-electron chi connectivity index (χ3n) is 6.64.